The van der Waals surface area contributed by atoms with Crippen LogP contribution in [0.5, 0.6) is 0 Å². The average molecular weight is 200 g/mol. The van der Waals surface area contributed by atoms with Gasteiger partial charge in [-0.05, 0) is 24.1 Å². The third kappa shape index (κ3) is 3.43. The first-order valence-corrected chi connectivity index (χ1v) is 5.10. The normalized spacial score (nSPS) is 11.2. The Morgan fingerprint density at radius 3 is 2.23 bits per heavy atom. The molecule has 71 valence electrons. The first-order chi connectivity index (χ1) is 6.01. The van der Waals surface area contributed by atoms with E-state index in [1.165, 1.54) is 0 Å². The average Bonchev–Trinajstić information content (AvgIpc) is 2.03. The Labute approximate surface area is 77.5 Å². The van der Waals surface area contributed by atoms with Crippen molar-refractivity contribution in [2.75, 3.05) is 4.72 Å². The number of nitrogens with one attached hydrogen (secondary N) is 1. The summed E-state index contributed by atoms with van der Waals surface area (Å²) in [7, 11) is -4.16. The van der Waals surface area contributed by atoms with Gasteiger partial charge in [0, 0.05) is 0 Å². The first kappa shape index (κ1) is 10.0. The summed E-state index contributed by atoms with van der Waals surface area (Å²) in [5, 5.41) is 0. The molecule has 0 spiro atoms. The third-order valence-electron chi connectivity index (χ3n) is 1.49. The fourth-order valence-corrected chi connectivity index (χ4v) is 1.33. The van der Waals surface area contributed by atoms with Crippen LogP contribution in [0.3, 0.4) is 0 Å². The summed E-state index contributed by atoms with van der Waals surface area (Å²) in [6.07, 6.45) is 1.89. The summed E-state index contributed by atoms with van der Waals surface area (Å²) in [6.45, 7) is 1.88. The van der Waals surface area contributed by atoms with Gasteiger partial charge in [-0.25, -0.2) is 0 Å². The molecule has 1 aromatic carbocycles. The first-order valence-electron chi connectivity index (χ1n) is 3.66. The smallest absolute Gasteiger partial charge is 0.269 e. The highest BCUT2D eigenvalue weighted by Crippen LogP contribution is 2.11. The second kappa shape index (κ2) is 3.76. The Bertz CT molecular complexity index is 369. The molecule has 1 aromatic rings. The molecule has 4 nitrogen and oxygen atoms in total. The van der Waals surface area contributed by atoms with Crippen molar-refractivity contribution in [3.05, 3.63) is 36.2 Å². The van der Waals surface area contributed by atoms with Gasteiger partial charge in [0.05, 0.1) is 5.69 Å². The fourth-order valence-electron chi connectivity index (χ4n) is 0.893. The molecule has 0 heterocycles. The largest absolute Gasteiger partial charge is 0.357 e. The lowest BCUT2D eigenvalue weighted by Crippen LogP contribution is -2.10. The van der Waals surface area contributed by atoms with Crippen LogP contribution in [0, 0.1) is 6.42 Å². The van der Waals surface area contributed by atoms with E-state index in [-0.39, 0.29) is 0 Å². The standard InChI is InChI=1S/C8H10NO3S/c1-2-7-3-5-8(6-4-7)9-13(10,11)12/h2-6,9H,1H3,(H,10,11,12). The van der Waals surface area contributed by atoms with E-state index in [2.05, 4.69) is 0 Å². The van der Waals surface area contributed by atoms with Crippen LogP contribution in [0.25, 0.3) is 0 Å². The van der Waals surface area contributed by atoms with Crippen molar-refractivity contribution in [3.63, 3.8) is 0 Å². The van der Waals surface area contributed by atoms with E-state index in [4.69, 9.17) is 4.55 Å². The van der Waals surface area contributed by atoms with Gasteiger partial charge in [0.15, 0.2) is 0 Å². The summed E-state index contributed by atoms with van der Waals surface area (Å²) in [6, 6.07) is 6.63. The van der Waals surface area contributed by atoms with Crippen molar-refractivity contribution in [1.29, 1.82) is 0 Å². The molecule has 0 atom stereocenters. The molecular weight excluding hydrogens is 190 g/mol. The minimum absolute atomic E-state index is 0.341. The van der Waals surface area contributed by atoms with Crippen LogP contribution in [0.1, 0.15) is 12.5 Å². The van der Waals surface area contributed by atoms with Gasteiger partial charge in [0.2, 0.25) is 0 Å². The fraction of sp³-hybridized carbons (Fsp3) is 0.125. The van der Waals surface area contributed by atoms with Crippen LogP contribution in [-0.2, 0) is 10.3 Å². The Hall–Kier alpha value is -1.07. The maximum Gasteiger partial charge on any atom is 0.357 e. The third-order valence-corrected chi connectivity index (χ3v) is 1.98. The number of anilines is 1. The maximum absolute atomic E-state index is 10.4. The minimum Gasteiger partial charge on any atom is -0.269 e. The van der Waals surface area contributed by atoms with Gasteiger partial charge in [-0.3, -0.25) is 9.27 Å². The highest BCUT2D eigenvalue weighted by Gasteiger charge is 2.02. The Balaban J connectivity index is 2.81. The summed E-state index contributed by atoms with van der Waals surface area (Å²) in [4.78, 5) is 0. The zero-order valence-corrected chi connectivity index (χ0v) is 7.88. The van der Waals surface area contributed by atoms with Crippen molar-refractivity contribution < 1.29 is 13.0 Å². The molecule has 0 aliphatic rings. The van der Waals surface area contributed by atoms with E-state index in [1.807, 2.05) is 18.1 Å². The molecule has 0 amide bonds. The second-order valence-electron chi connectivity index (χ2n) is 2.49. The predicted octanol–water partition coefficient (Wildman–Crippen LogP) is 1.47. The lowest BCUT2D eigenvalue weighted by Gasteiger charge is -2.02. The molecule has 1 rings (SSSR count). The molecule has 0 unspecified atom stereocenters. The number of hydrogen-bond acceptors (Lipinski definition) is 2. The quantitative estimate of drug-likeness (QED) is 0.726. The summed E-state index contributed by atoms with van der Waals surface area (Å²) >= 11 is 0. The Kier molecular flexibility index (Phi) is 2.90. The van der Waals surface area contributed by atoms with E-state index in [1.54, 1.807) is 24.3 Å². The van der Waals surface area contributed by atoms with Gasteiger partial charge in [-0.1, -0.05) is 19.1 Å². The zero-order chi connectivity index (χ0) is 9.90. The summed E-state index contributed by atoms with van der Waals surface area (Å²) < 4.78 is 31.2. The number of benzene rings is 1. The van der Waals surface area contributed by atoms with Gasteiger partial charge in [0.25, 0.3) is 0 Å². The van der Waals surface area contributed by atoms with Gasteiger partial charge >= 0.3 is 10.3 Å². The highest BCUT2D eigenvalue weighted by molar-refractivity contribution is 7.87. The van der Waals surface area contributed by atoms with Gasteiger partial charge in [-0.15, -0.1) is 0 Å². The molecule has 0 aromatic heterocycles. The minimum atomic E-state index is -4.16. The lowest BCUT2D eigenvalue weighted by molar-refractivity contribution is 0.490. The van der Waals surface area contributed by atoms with Crippen molar-refractivity contribution >= 4 is 16.0 Å². The van der Waals surface area contributed by atoms with E-state index in [0.717, 1.165) is 5.56 Å². The predicted molar refractivity (Wildman–Crippen MR) is 50.7 cm³/mol. The highest BCUT2D eigenvalue weighted by atomic mass is 32.2. The van der Waals surface area contributed by atoms with Crippen LogP contribution in [0.2, 0.25) is 0 Å². The van der Waals surface area contributed by atoms with Gasteiger partial charge in [-0.2, -0.15) is 8.42 Å². The summed E-state index contributed by atoms with van der Waals surface area (Å²) in [5.41, 5.74) is 1.33. The molecule has 5 heteroatoms. The van der Waals surface area contributed by atoms with Crippen LogP contribution >= 0.6 is 0 Å². The number of rotatable bonds is 3. The molecular formula is C8H10NO3S. The molecule has 0 saturated carbocycles. The molecule has 0 bridgehead atoms. The Morgan fingerprint density at radius 1 is 1.31 bits per heavy atom. The van der Waals surface area contributed by atoms with E-state index in [9.17, 15) is 8.42 Å². The zero-order valence-electron chi connectivity index (χ0n) is 7.06. The van der Waals surface area contributed by atoms with Crippen molar-refractivity contribution in [3.8, 4) is 0 Å². The van der Waals surface area contributed by atoms with Crippen LogP contribution in [0.4, 0.5) is 5.69 Å². The number of hydrogen-bond donors (Lipinski definition) is 2. The molecule has 2 N–H and O–H groups in total. The van der Waals surface area contributed by atoms with Crippen molar-refractivity contribution in [1.82, 2.24) is 0 Å². The van der Waals surface area contributed by atoms with Crippen LogP contribution in [-0.4, -0.2) is 13.0 Å². The van der Waals surface area contributed by atoms with Gasteiger partial charge in [0.1, 0.15) is 0 Å². The van der Waals surface area contributed by atoms with Crippen LogP contribution in [0.15, 0.2) is 24.3 Å². The van der Waals surface area contributed by atoms with Crippen LogP contribution < -0.4 is 4.72 Å². The van der Waals surface area contributed by atoms with Crippen molar-refractivity contribution in [2.24, 2.45) is 0 Å². The van der Waals surface area contributed by atoms with E-state index >= 15 is 0 Å². The van der Waals surface area contributed by atoms with Crippen molar-refractivity contribution in [2.45, 2.75) is 6.92 Å². The van der Waals surface area contributed by atoms with E-state index in [0.29, 0.717) is 5.69 Å². The lowest BCUT2D eigenvalue weighted by atomic mass is 10.2. The van der Waals surface area contributed by atoms with Gasteiger partial charge < -0.3 is 0 Å². The topological polar surface area (TPSA) is 66.4 Å². The van der Waals surface area contributed by atoms with E-state index < -0.39 is 10.3 Å². The SMILES string of the molecule is C[CH]c1ccc(NS(=O)(=O)O)cc1. The summed E-state index contributed by atoms with van der Waals surface area (Å²) in [5.74, 6) is 0. The molecule has 0 fully saturated rings. The maximum atomic E-state index is 10.4. The molecule has 1 radical (unpaired) electrons. The molecule has 0 saturated heterocycles. The molecule has 13 heavy (non-hydrogen) atoms. The monoisotopic (exact) mass is 200 g/mol. The Morgan fingerprint density at radius 2 is 1.85 bits per heavy atom. The second-order valence-corrected chi connectivity index (χ2v) is 3.64. The molecule has 0 aliphatic carbocycles. The molecule has 0 aliphatic heterocycles.